The highest BCUT2D eigenvalue weighted by Crippen LogP contribution is 2.25. The first kappa shape index (κ1) is 13.8. The zero-order valence-corrected chi connectivity index (χ0v) is 11.9. The summed E-state index contributed by atoms with van der Waals surface area (Å²) in [5.41, 5.74) is 2.24. The summed E-state index contributed by atoms with van der Waals surface area (Å²) in [5, 5.41) is 3.11. The lowest BCUT2D eigenvalue weighted by Crippen LogP contribution is -2.35. The Labute approximate surface area is 124 Å². The highest BCUT2D eigenvalue weighted by Gasteiger charge is 2.23. The molecule has 1 unspecified atom stereocenters. The minimum Gasteiger partial charge on any atom is -0.489 e. The summed E-state index contributed by atoms with van der Waals surface area (Å²) in [6.07, 6.45) is 0.878. The van der Waals surface area contributed by atoms with E-state index in [1.165, 1.54) is 0 Å². The van der Waals surface area contributed by atoms with Gasteiger partial charge in [-0.25, -0.2) is 0 Å². The molecule has 3 nitrogen and oxygen atoms in total. The van der Waals surface area contributed by atoms with Crippen LogP contribution in [0.2, 0.25) is 0 Å². The predicted molar refractivity (Wildman–Crippen MR) is 82.5 cm³/mol. The van der Waals surface area contributed by atoms with Crippen molar-refractivity contribution in [2.24, 2.45) is 0 Å². The molecule has 3 heteroatoms. The molecule has 3 rings (SSSR count). The third kappa shape index (κ3) is 3.50. The highest BCUT2D eigenvalue weighted by molar-refractivity contribution is 5.88. The second-order valence-electron chi connectivity index (χ2n) is 5.33. The van der Waals surface area contributed by atoms with Gasteiger partial charge in [-0.15, -0.1) is 0 Å². The van der Waals surface area contributed by atoms with E-state index < -0.39 is 0 Å². The van der Waals surface area contributed by atoms with Gasteiger partial charge in [-0.05, 0) is 36.2 Å². The van der Waals surface area contributed by atoms with Crippen LogP contribution in [-0.4, -0.2) is 18.9 Å². The Balaban J connectivity index is 1.62. The minimum absolute atomic E-state index is 0.0365. The molecule has 1 fully saturated rings. The molecule has 0 aromatic heterocycles. The molecular formula is C18H19NO2. The summed E-state index contributed by atoms with van der Waals surface area (Å²) in [4.78, 5) is 11.9. The van der Waals surface area contributed by atoms with Crippen LogP contribution in [0.3, 0.4) is 0 Å². The van der Waals surface area contributed by atoms with Gasteiger partial charge in [0.2, 0.25) is 0 Å². The number of hydrogen-bond acceptors (Lipinski definition) is 3. The van der Waals surface area contributed by atoms with E-state index in [4.69, 9.17) is 4.74 Å². The van der Waals surface area contributed by atoms with Gasteiger partial charge < -0.3 is 10.1 Å². The maximum Gasteiger partial charge on any atom is 0.154 e. The van der Waals surface area contributed by atoms with Crippen LogP contribution >= 0.6 is 0 Å². The molecule has 0 saturated carbocycles. The van der Waals surface area contributed by atoms with Crippen LogP contribution < -0.4 is 10.1 Å². The maximum absolute atomic E-state index is 11.9. The van der Waals surface area contributed by atoms with Crippen molar-refractivity contribution in [3.63, 3.8) is 0 Å². The van der Waals surface area contributed by atoms with Gasteiger partial charge in [0.1, 0.15) is 12.4 Å². The fraction of sp³-hybridized carbons (Fsp3) is 0.278. The van der Waals surface area contributed by atoms with E-state index in [0.717, 1.165) is 29.8 Å². The third-order valence-corrected chi connectivity index (χ3v) is 3.83. The molecule has 1 aliphatic rings. The van der Waals surface area contributed by atoms with E-state index in [-0.39, 0.29) is 11.7 Å². The first-order chi connectivity index (χ1) is 10.3. The first-order valence-corrected chi connectivity index (χ1v) is 7.33. The van der Waals surface area contributed by atoms with E-state index in [9.17, 15) is 4.79 Å². The van der Waals surface area contributed by atoms with Crippen molar-refractivity contribution in [2.45, 2.75) is 18.9 Å². The lowest BCUT2D eigenvalue weighted by Gasteiger charge is -2.21. The molecule has 1 N–H and O–H groups in total. The van der Waals surface area contributed by atoms with Gasteiger partial charge in [-0.3, -0.25) is 4.79 Å². The van der Waals surface area contributed by atoms with Gasteiger partial charge in [0.15, 0.2) is 5.78 Å². The molecule has 108 valence electrons. The van der Waals surface area contributed by atoms with Crippen LogP contribution in [0.4, 0.5) is 0 Å². The number of benzene rings is 2. The summed E-state index contributed by atoms with van der Waals surface area (Å²) in [6.45, 7) is 1.95. The van der Waals surface area contributed by atoms with Crippen molar-refractivity contribution in [1.82, 2.24) is 5.32 Å². The van der Waals surface area contributed by atoms with Crippen molar-refractivity contribution < 1.29 is 9.53 Å². The maximum atomic E-state index is 11.9. The van der Waals surface area contributed by atoms with Crippen LogP contribution in [0.25, 0.3) is 0 Å². The molecule has 0 bridgehead atoms. The van der Waals surface area contributed by atoms with Crippen LogP contribution in [0.5, 0.6) is 5.75 Å². The third-order valence-electron chi connectivity index (χ3n) is 3.83. The quantitative estimate of drug-likeness (QED) is 0.936. The number of carbonyl (C=O) groups excluding carboxylic acids is 1. The van der Waals surface area contributed by atoms with E-state index in [1.807, 2.05) is 54.6 Å². The van der Waals surface area contributed by atoms with E-state index in [0.29, 0.717) is 13.2 Å². The minimum atomic E-state index is 0.0365. The second kappa shape index (κ2) is 6.55. The van der Waals surface area contributed by atoms with Crippen LogP contribution in [0, 0.1) is 0 Å². The Morgan fingerprint density at radius 3 is 2.52 bits per heavy atom. The fourth-order valence-corrected chi connectivity index (χ4v) is 2.63. The molecule has 0 spiro atoms. The molecule has 21 heavy (non-hydrogen) atoms. The number of ketones is 1. The van der Waals surface area contributed by atoms with Crippen molar-refractivity contribution >= 4 is 5.78 Å². The Bertz CT molecular complexity index is 592. The molecular weight excluding hydrogens is 262 g/mol. The molecule has 1 aliphatic heterocycles. The van der Waals surface area contributed by atoms with E-state index in [2.05, 4.69) is 5.32 Å². The Hall–Kier alpha value is -2.13. The first-order valence-electron chi connectivity index (χ1n) is 7.33. The fourth-order valence-electron chi connectivity index (χ4n) is 2.63. The number of hydrogen-bond donors (Lipinski definition) is 1. The molecule has 0 aliphatic carbocycles. The number of Topliss-reactive ketones (excluding diaryl/α,β-unsaturated/α-hetero) is 1. The van der Waals surface area contributed by atoms with Crippen molar-refractivity contribution in [3.05, 3.63) is 65.7 Å². The summed E-state index contributed by atoms with van der Waals surface area (Å²) in [7, 11) is 0. The van der Waals surface area contributed by atoms with E-state index in [1.54, 1.807) is 0 Å². The largest absolute Gasteiger partial charge is 0.489 e. The van der Waals surface area contributed by atoms with Crippen molar-refractivity contribution in [3.8, 4) is 5.75 Å². The van der Waals surface area contributed by atoms with Gasteiger partial charge in [0, 0.05) is 5.92 Å². The lowest BCUT2D eigenvalue weighted by atomic mass is 9.89. The Morgan fingerprint density at radius 2 is 1.81 bits per heavy atom. The Morgan fingerprint density at radius 1 is 1.05 bits per heavy atom. The molecule has 2 aromatic carbocycles. The lowest BCUT2D eigenvalue weighted by molar-refractivity contribution is -0.120. The number of rotatable bonds is 4. The molecule has 1 saturated heterocycles. The summed E-state index contributed by atoms with van der Waals surface area (Å²) >= 11 is 0. The van der Waals surface area contributed by atoms with Crippen molar-refractivity contribution in [1.29, 1.82) is 0 Å². The van der Waals surface area contributed by atoms with Crippen LogP contribution in [-0.2, 0) is 11.4 Å². The van der Waals surface area contributed by atoms with Gasteiger partial charge in [-0.2, -0.15) is 0 Å². The van der Waals surface area contributed by atoms with Gasteiger partial charge in [0.25, 0.3) is 0 Å². The number of nitrogens with one attached hydrogen (secondary N) is 1. The van der Waals surface area contributed by atoms with Gasteiger partial charge in [-0.1, -0.05) is 42.5 Å². The summed E-state index contributed by atoms with van der Waals surface area (Å²) in [5.74, 6) is 1.15. The SMILES string of the molecule is O=C1CNCCC1c1ccc(OCc2ccccc2)cc1. The zero-order chi connectivity index (χ0) is 14.5. The number of ether oxygens (including phenoxy) is 1. The second-order valence-corrected chi connectivity index (χ2v) is 5.33. The molecule has 0 amide bonds. The highest BCUT2D eigenvalue weighted by atomic mass is 16.5. The monoisotopic (exact) mass is 281 g/mol. The topological polar surface area (TPSA) is 38.3 Å². The van der Waals surface area contributed by atoms with Gasteiger partial charge >= 0.3 is 0 Å². The standard InChI is InChI=1S/C18H19NO2/c20-18-12-19-11-10-17(18)15-6-8-16(9-7-15)21-13-14-4-2-1-3-5-14/h1-9,17,19H,10-13H2. The number of carbonyl (C=O) groups is 1. The molecule has 0 radical (unpaired) electrons. The number of piperidine rings is 1. The van der Waals surface area contributed by atoms with Crippen LogP contribution in [0.15, 0.2) is 54.6 Å². The summed E-state index contributed by atoms with van der Waals surface area (Å²) in [6, 6.07) is 18.0. The van der Waals surface area contributed by atoms with Crippen LogP contribution in [0.1, 0.15) is 23.5 Å². The molecule has 1 heterocycles. The van der Waals surface area contributed by atoms with Crippen molar-refractivity contribution in [2.75, 3.05) is 13.1 Å². The molecule has 1 atom stereocenters. The zero-order valence-electron chi connectivity index (χ0n) is 11.9. The Kier molecular flexibility index (Phi) is 4.31. The average molecular weight is 281 g/mol. The van der Waals surface area contributed by atoms with E-state index >= 15 is 0 Å². The summed E-state index contributed by atoms with van der Waals surface area (Å²) < 4.78 is 5.76. The predicted octanol–water partition coefficient (Wildman–Crippen LogP) is 2.91. The normalized spacial score (nSPS) is 18.5. The molecule has 2 aromatic rings. The smallest absolute Gasteiger partial charge is 0.154 e. The average Bonchev–Trinajstić information content (AvgIpc) is 2.55. The van der Waals surface area contributed by atoms with Gasteiger partial charge in [0.05, 0.1) is 6.54 Å².